The van der Waals surface area contributed by atoms with Crippen LogP contribution in [0.3, 0.4) is 0 Å². The van der Waals surface area contributed by atoms with Crippen molar-refractivity contribution < 1.29 is 34.7 Å². The van der Waals surface area contributed by atoms with Crippen LogP contribution in [0.25, 0.3) is 0 Å². The van der Waals surface area contributed by atoms with Gasteiger partial charge in [-0.05, 0) is 19.3 Å². The van der Waals surface area contributed by atoms with Crippen molar-refractivity contribution >= 4 is 0 Å². The molecule has 5 atom stereocenters. The van der Waals surface area contributed by atoms with Crippen molar-refractivity contribution in [2.75, 3.05) is 19.8 Å². The van der Waals surface area contributed by atoms with E-state index in [2.05, 4.69) is 11.8 Å². The van der Waals surface area contributed by atoms with Crippen LogP contribution in [0.15, 0.2) is 0 Å². The van der Waals surface area contributed by atoms with Gasteiger partial charge in [-0.25, -0.2) is 0 Å². The quantitative estimate of drug-likeness (QED) is 0.289. The highest BCUT2D eigenvalue weighted by Crippen LogP contribution is 2.47. The van der Waals surface area contributed by atoms with E-state index in [1.54, 1.807) is 0 Å². The number of hydrogen-bond donors (Lipinski definition) is 3. The summed E-state index contributed by atoms with van der Waals surface area (Å²) in [6.07, 6.45) is 0.836. The minimum atomic E-state index is -1.64. The van der Waals surface area contributed by atoms with Crippen LogP contribution in [0.2, 0.25) is 0 Å². The van der Waals surface area contributed by atoms with E-state index in [0.29, 0.717) is 6.42 Å². The van der Waals surface area contributed by atoms with Crippen LogP contribution in [0.5, 0.6) is 0 Å². The van der Waals surface area contributed by atoms with Crippen LogP contribution >= 0.6 is 0 Å². The number of hydrogen-bond acceptors (Lipinski definition) is 8. The van der Waals surface area contributed by atoms with Crippen LogP contribution in [-0.2, 0) is 14.3 Å². The molecule has 2 aliphatic rings. The first-order valence-corrected chi connectivity index (χ1v) is 8.48. The molecule has 2 saturated heterocycles. The molecule has 0 saturated carbocycles. The standard InChI is InChI=1S/C15H27NO8/c1-2-3-4-7-15-12(18)9-22-13(15)14(19,10-23-15)11(17)6-5-8-24-16(20)21/h11-13,17-19H,2-10H2,1H3/t11?,12-,13+,14+,15+/m0/s1. The third-order valence-corrected chi connectivity index (χ3v) is 5.02. The zero-order valence-electron chi connectivity index (χ0n) is 13.9. The smallest absolute Gasteiger partial charge is 0.294 e. The molecule has 0 amide bonds. The van der Waals surface area contributed by atoms with Crippen molar-refractivity contribution in [1.29, 1.82) is 0 Å². The number of rotatable bonds is 10. The van der Waals surface area contributed by atoms with E-state index >= 15 is 0 Å². The summed E-state index contributed by atoms with van der Waals surface area (Å²) in [6.45, 7) is 1.82. The van der Waals surface area contributed by atoms with Gasteiger partial charge in [-0.15, -0.1) is 10.1 Å². The largest absolute Gasteiger partial charge is 0.390 e. The summed E-state index contributed by atoms with van der Waals surface area (Å²) in [7, 11) is 0. The number of aliphatic hydroxyl groups excluding tert-OH is 2. The fourth-order valence-electron chi connectivity index (χ4n) is 3.67. The van der Waals surface area contributed by atoms with E-state index in [9.17, 15) is 25.4 Å². The number of nitrogens with zero attached hydrogens (tertiary/aromatic N) is 1. The van der Waals surface area contributed by atoms with Crippen LogP contribution in [0.4, 0.5) is 0 Å². The Balaban J connectivity index is 1.98. The zero-order chi connectivity index (χ0) is 17.8. The molecule has 140 valence electrons. The first kappa shape index (κ1) is 19.3. The maximum Gasteiger partial charge on any atom is 0.294 e. The van der Waals surface area contributed by atoms with E-state index in [0.717, 1.165) is 19.3 Å². The van der Waals surface area contributed by atoms with Gasteiger partial charge in [0, 0.05) is 0 Å². The predicted octanol–water partition coefficient (Wildman–Crippen LogP) is 0.176. The highest BCUT2D eigenvalue weighted by Gasteiger charge is 2.67. The Morgan fingerprint density at radius 2 is 2.17 bits per heavy atom. The Morgan fingerprint density at radius 3 is 2.83 bits per heavy atom. The maximum atomic E-state index is 10.9. The Morgan fingerprint density at radius 1 is 1.42 bits per heavy atom. The number of aliphatic hydroxyl groups is 3. The van der Waals surface area contributed by atoms with Crippen molar-refractivity contribution in [3.05, 3.63) is 10.1 Å². The molecule has 0 bridgehead atoms. The lowest BCUT2D eigenvalue weighted by atomic mass is 9.78. The molecule has 9 nitrogen and oxygen atoms in total. The molecule has 0 aromatic carbocycles. The molecule has 2 aliphatic heterocycles. The average Bonchev–Trinajstić information content (AvgIpc) is 3.01. The summed E-state index contributed by atoms with van der Waals surface area (Å²) in [5, 5.41) is 40.8. The Bertz CT molecular complexity index is 436. The lowest BCUT2D eigenvalue weighted by Gasteiger charge is -2.35. The minimum Gasteiger partial charge on any atom is -0.390 e. The van der Waals surface area contributed by atoms with Crippen LogP contribution in [0.1, 0.15) is 45.4 Å². The monoisotopic (exact) mass is 349 g/mol. The van der Waals surface area contributed by atoms with Crippen LogP contribution in [-0.4, -0.2) is 69.7 Å². The van der Waals surface area contributed by atoms with Crippen molar-refractivity contribution in [2.45, 2.75) is 75.0 Å². The van der Waals surface area contributed by atoms with E-state index in [1.807, 2.05) is 0 Å². The topological polar surface area (TPSA) is 132 Å². The molecule has 2 rings (SSSR count). The van der Waals surface area contributed by atoms with Gasteiger partial charge in [0.05, 0.1) is 25.9 Å². The first-order valence-electron chi connectivity index (χ1n) is 8.48. The summed E-state index contributed by atoms with van der Waals surface area (Å²) in [5.74, 6) is 0. The zero-order valence-corrected chi connectivity index (χ0v) is 13.9. The Labute approximate surface area is 140 Å². The van der Waals surface area contributed by atoms with Gasteiger partial charge in [-0.2, -0.15) is 0 Å². The van der Waals surface area contributed by atoms with Gasteiger partial charge in [-0.1, -0.05) is 26.2 Å². The molecular weight excluding hydrogens is 322 g/mol. The molecule has 2 heterocycles. The Kier molecular flexibility index (Phi) is 6.38. The van der Waals surface area contributed by atoms with Gasteiger partial charge < -0.3 is 29.6 Å². The number of fused-ring (bicyclic) bond motifs is 1. The fraction of sp³-hybridized carbons (Fsp3) is 1.00. The molecular formula is C15H27NO8. The lowest BCUT2D eigenvalue weighted by molar-refractivity contribution is -0.757. The van der Waals surface area contributed by atoms with Gasteiger partial charge in [0.25, 0.3) is 5.09 Å². The average molecular weight is 349 g/mol. The molecule has 0 aromatic heterocycles. The minimum absolute atomic E-state index is 0.0518. The Hall–Kier alpha value is -1.00. The second-order valence-electron chi connectivity index (χ2n) is 6.64. The number of ether oxygens (including phenoxy) is 2. The van der Waals surface area contributed by atoms with Gasteiger partial charge in [0.1, 0.15) is 23.4 Å². The van der Waals surface area contributed by atoms with E-state index in [-0.39, 0.29) is 32.7 Å². The summed E-state index contributed by atoms with van der Waals surface area (Å²) < 4.78 is 11.4. The van der Waals surface area contributed by atoms with E-state index in [1.165, 1.54) is 0 Å². The SMILES string of the molecule is CCCCC[C@]12OC[C@@](O)(C(O)CCCO[N+](=O)[O-])[C@H]1OC[C@@H]2O. The highest BCUT2D eigenvalue weighted by atomic mass is 16.9. The predicted molar refractivity (Wildman–Crippen MR) is 81.7 cm³/mol. The molecule has 9 heteroatoms. The maximum absolute atomic E-state index is 10.9. The molecule has 24 heavy (non-hydrogen) atoms. The van der Waals surface area contributed by atoms with Crippen LogP contribution in [0, 0.1) is 10.1 Å². The van der Waals surface area contributed by atoms with Gasteiger partial charge in [0.2, 0.25) is 0 Å². The fourth-order valence-corrected chi connectivity index (χ4v) is 3.67. The summed E-state index contributed by atoms with van der Waals surface area (Å²) in [4.78, 5) is 14.3. The van der Waals surface area contributed by atoms with Crippen LogP contribution < -0.4 is 0 Å². The number of unbranched alkanes of at least 4 members (excludes halogenated alkanes) is 2. The van der Waals surface area contributed by atoms with E-state index in [4.69, 9.17) is 9.47 Å². The molecule has 0 radical (unpaired) electrons. The molecule has 1 unspecified atom stereocenters. The lowest BCUT2D eigenvalue weighted by Crippen LogP contribution is -2.57. The molecule has 3 N–H and O–H groups in total. The summed E-state index contributed by atoms with van der Waals surface area (Å²) >= 11 is 0. The van der Waals surface area contributed by atoms with Crippen molar-refractivity contribution in [3.63, 3.8) is 0 Å². The van der Waals surface area contributed by atoms with Crippen molar-refractivity contribution in [1.82, 2.24) is 0 Å². The third-order valence-electron chi connectivity index (χ3n) is 5.02. The van der Waals surface area contributed by atoms with Gasteiger partial charge >= 0.3 is 0 Å². The highest BCUT2D eigenvalue weighted by molar-refractivity contribution is 5.15. The van der Waals surface area contributed by atoms with Gasteiger partial charge in [-0.3, -0.25) is 0 Å². The van der Waals surface area contributed by atoms with Crippen molar-refractivity contribution in [2.24, 2.45) is 0 Å². The normalized spacial score (nSPS) is 36.5. The second-order valence-corrected chi connectivity index (χ2v) is 6.64. The van der Waals surface area contributed by atoms with Crippen molar-refractivity contribution in [3.8, 4) is 0 Å². The first-order chi connectivity index (χ1) is 11.4. The van der Waals surface area contributed by atoms with E-state index < -0.39 is 34.6 Å². The summed E-state index contributed by atoms with van der Waals surface area (Å²) in [5.41, 5.74) is -2.64. The molecule has 0 spiro atoms. The molecule has 0 aliphatic carbocycles. The summed E-state index contributed by atoms with van der Waals surface area (Å²) in [6, 6.07) is 0. The molecule has 0 aromatic rings. The van der Waals surface area contributed by atoms with Gasteiger partial charge in [0.15, 0.2) is 0 Å². The molecule has 2 fully saturated rings. The second kappa shape index (κ2) is 7.92. The third kappa shape index (κ3) is 3.65.